The average molecular weight is 203 g/mol. The van der Waals surface area contributed by atoms with Gasteiger partial charge in [-0.25, -0.2) is 0 Å². The molecule has 0 atom stereocenters. The summed E-state index contributed by atoms with van der Waals surface area (Å²) in [6.07, 6.45) is 0. The standard InChI is InChI=1S/ClFH8Si5/c1-7(2)5-3-4-6-7/h3-6H2. The van der Waals surface area contributed by atoms with E-state index in [0.29, 0.717) is 17.1 Å². The van der Waals surface area contributed by atoms with Gasteiger partial charge in [-0.2, -0.15) is 0 Å². The van der Waals surface area contributed by atoms with E-state index in [1.807, 2.05) is 0 Å². The maximum atomic E-state index is 12.7. The molecule has 42 valence electrons. The van der Waals surface area contributed by atoms with Crippen LogP contribution in [0.25, 0.3) is 0 Å². The molecular formula is H8ClFSi5. The summed E-state index contributed by atoms with van der Waals surface area (Å²) < 4.78 is 12.7. The zero-order chi connectivity index (χ0) is 5.33. The fourth-order valence-corrected chi connectivity index (χ4v) is 195. The van der Waals surface area contributed by atoms with E-state index in [0.717, 1.165) is 0 Å². The molecule has 1 heterocycles. The van der Waals surface area contributed by atoms with Crippen LogP contribution in [0.4, 0.5) is 4.11 Å². The number of halogens is 2. The molecule has 0 nitrogen and oxygen atoms in total. The first kappa shape index (κ1) is 6.42. The summed E-state index contributed by atoms with van der Waals surface area (Å²) in [5.41, 5.74) is 0. The van der Waals surface area contributed by atoms with Crippen molar-refractivity contribution < 1.29 is 4.11 Å². The molecule has 0 spiro atoms. The smallest absolute Gasteiger partial charge is 0.286 e. The second kappa shape index (κ2) is 2.27. The summed E-state index contributed by atoms with van der Waals surface area (Å²) in [4.78, 5) is 0. The molecule has 0 saturated carbocycles. The lowest BCUT2D eigenvalue weighted by molar-refractivity contribution is 0.873. The summed E-state index contributed by atoms with van der Waals surface area (Å²) >= 11 is 5.63. The van der Waals surface area contributed by atoms with E-state index in [4.69, 9.17) is 11.1 Å². The van der Waals surface area contributed by atoms with Crippen LogP contribution in [-0.4, -0.2) is 41.0 Å². The highest BCUT2D eigenvalue weighted by atomic mass is 35.6. The molecule has 0 aliphatic carbocycles. The zero-order valence-electron chi connectivity index (χ0n) is 4.08. The minimum absolute atomic E-state index is 0.129. The molecular weight excluding hydrogens is 195 g/mol. The molecule has 7 heteroatoms. The van der Waals surface area contributed by atoms with Crippen molar-refractivity contribution in [3.63, 3.8) is 0 Å². The van der Waals surface area contributed by atoms with Gasteiger partial charge in [0.05, 0.1) is 17.1 Å². The Morgan fingerprint density at radius 1 is 1.29 bits per heavy atom. The summed E-state index contributed by atoms with van der Waals surface area (Å²) in [5, 5.41) is 0. The molecule has 1 saturated heterocycles. The Balaban J connectivity index is 2.40. The first-order chi connectivity index (χ1) is 3.21. The van der Waals surface area contributed by atoms with Gasteiger partial charge in [-0.1, -0.05) is 0 Å². The Morgan fingerprint density at radius 3 is 1.86 bits per heavy atom. The third kappa shape index (κ3) is 1.94. The molecule has 0 aromatic heterocycles. The molecule has 0 amide bonds. The van der Waals surface area contributed by atoms with E-state index < -0.39 is 6.75 Å². The molecule has 1 fully saturated rings. The van der Waals surface area contributed by atoms with Crippen LogP contribution in [0.2, 0.25) is 0 Å². The third-order valence-electron chi connectivity index (χ3n) is 1.34. The highest BCUT2D eigenvalue weighted by molar-refractivity contribution is 7.92. The van der Waals surface area contributed by atoms with Gasteiger partial charge in [-0.05, 0) is 17.1 Å². The van der Waals surface area contributed by atoms with E-state index in [2.05, 4.69) is 0 Å². The Hall–Kier alpha value is 1.30. The van der Waals surface area contributed by atoms with Gasteiger partial charge in [-0.3, -0.25) is 0 Å². The van der Waals surface area contributed by atoms with Crippen molar-refractivity contribution in [1.82, 2.24) is 0 Å². The Bertz CT molecular complexity index is 62.5. The minimum Gasteiger partial charge on any atom is -0.304 e. The first-order valence-electron chi connectivity index (χ1n) is 2.59. The maximum Gasteiger partial charge on any atom is 0.286 e. The lowest BCUT2D eigenvalue weighted by Gasteiger charge is -2.00. The van der Waals surface area contributed by atoms with Crippen molar-refractivity contribution >= 4 is 52.1 Å². The summed E-state index contributed by atoms with van der Waals surface area (Å²) in [7, 11) is 0.409. The van der Waals surface area contributed by atoms with Crippen LogP contribution in [0.1, 0.15) is 0 Å². The molecule has 7 heavy (non-hydrogen) atoms. The Labute approximate surface area is 56.3 Å². The summed E-state index contributed by atoms with van der Waals surface area (Å²) in [5.74, 6) is 0. The van der Waals surface area contributed by atoms with Crippen molar-refractivity contribution in [2.45, 2.75) is 0 Å². The molecule has 0 N–H and O–H groups in total. The van der Waals surface area contributed by atoms with E-state index in [-0.39, 0.29) is 17.1 Å². The van der Waals surface area contributed by atoms with Crippen molar-refractivity contribution in [2.24, 2.45) is 0 Å². The van der Waals surface area contributed by atoms with Crippen molar-refractivity contribution in [2.75, 3.05) is 0 Å². The van der Waals surface area contributed by atoms with Crippen LogP contribution in [0.3, 0.4) is 0 Å². The van der Waals surface area contributed by atoms with E-state index in [1.165, 1.54) is 0 Å². The van der Waals surface area contributed by atoms with Crippen LogP contribution in [-0.2, 0) is 0 Å². The number of hydrogen-bond donors (Lipinski definition) is 0. The SMILES string of the molecule is F[Si]1(Cl)[SiH2][SiH2][SiH2][SiH2]1. The molecule has 1 aliphatic heterocycles. The largest absolute Gasteiger partial charge is 0.304 e. The van der Waals surface area contributed by atoms with Crippen LogP contribution in [0, 0.1) is 0 Å². The van der Waals surface area contributed by atoms with Crippen molar-refractivity contribution in [3.8, 4) is 0 Å². The topological polar surface area (TPSA) is 0 Å². The zero-order valence-corrected chi connectivity index (χ0v) is 11.5. The van der Waals surface area contributed by atoms with Gasteiger partial charge in [-0.15, -0.1) is 11.1 Å². The lowest BCUT2D eigenvalue weighted by atomic mass is 18.9. The normalized spacial score (nSPS) is 55.7. The van der Waals surface area contributed by atoms with Gasteiger partial charge in [0.1, 0.15) is 0 Å². The highest BCUT2D eigenvalue weighted by Gasteiger charge is 2.35. The van der Waals surface area contributed by atoms with Crippen molar-refractivity contribution in [1.29, 1.82) is 0 Å². The van der Waals surface area contributed by atoms with Crippen LogP contribution in [0.15, 0.2) is 0 Å². The molecule has 0 unspecified atom stereocenters. The summed E-state index contributed by atoms with van der Waals surface area (Å²) in [6.45, 7) is -2.17. The lowest BCUT2D eigenvalue weighted by Crippen LogP contribution is -2.32. The molecule has 1 aliphatic rings. The number of rotatable bonds is 0. The van der Waals surface area contributed by atoms with Gasteiger partial charge < -0.3 is 4.11 Å². The summed E-state index contributed by atoms with van der Waals surface area (Å²) in [6, 6.07) is 0. The fraction of sp³-hybridized carbons (Fsp3) is 0. The maximum absolute atomic E-state index is 12.7. The van der Waals surface area contributed by atoms with Gasteiger partial charge in [0.2, 0.25) is 0 Å². The molecule has 0 bridgehead atoms. The fourth-order valence-electron chi connectivity index (χ4n) is 0.892. The average Bonchev–Trinajstić information content (AvgIpc) is 1.84. The monoisotopic (exact) mass is 202 g/mol. The first-order valence-corrected chi connectivity index (χ1v) is 22.1. The molecule has 0 radical (unpaired) electrons. The van der Waals surface area contributed by atoms with Gasteiger partial charge in [0.15, 0.2) is 0 Å². The van der Waals surface area contributed by atoms with Gasteiger partial charge in [0.25, 0.3) is 6.75 Å². The van der Waals surface area contributed by atoms with Gasteiger partial charge in [0, 0.05) is 0 Å². The molecule has 1 rings (SSSR count). The molecule has 0 aromatic carbocycles. The Morgan fingerprint density at radius 2 is 1.71 bits per heavy atom. The highest BCUT2D eigenvalue weighted by Crippen LogP contribution is 2.08. The van der Waals surface area contributed by atoms with Crippen molar-refractivity contribution in [3.05, 3.63) is 0 Å². The minimum atomic E-state index is -2.17. The number of hydrogen-bond acceptors (Lipinski definition) is 0. The second-order valence-electron chi connectivity index (χ2n) is 2.06. The van der Waals surface area contributed by atoms with Crippen LogP contribution in [0.5, 0.6) is 0 Å². The second-order valence-corrected chi connectivity index (χ2v) is 49.6. The quantitative estimate of drug-likeness (QED) is 0.292. The van der Waals surface area contributed by atoms with Gasteiger partial charge >= 0.3 is 0 Å². The van der Waals surface area contributed by atoms with Crippen LogP contribution >= 0.6 is 11.1 Å². The van der Waals surface area contributed by atoms with E-state index in [9.17, 15) is 4.11 Å². The third-order valence-corrected chi connectivity index (χ3v) is 97.9. The predicted molar refractivity (Wildman–Crippen MR) is 46.9 cm³/mol. The van der Waals surface area contributed by atoms with E-state index >= 15 is 0 Å². The predicted octanol–water partition coefficient (Wildman–Crippen LogP) is -2.94. The van der Waals surface area contributed by atoms with Crippen LogP contribution < -0.4 is 0 Å². The Kier molecular flexibility index (Phi) is 2.09. The van der Waals surface area contributed by atoms with E-state index in [1.54, 1.807) is 0 Å². The molecule has 0 aromatic rings.